The first-order valence-corrected chi connectivity index (χ1v) is 8.69. The molecule has 1 aromatic carbocycles. The molecule has 0 radical (unpaired) electrons. The van der Waals surface area contributed by atoms with E-state index >= 15 is 0 Å². The van der Waals surface area contributed by atoms with Crippen LogP contribution in [0.1, 0.15) is 58.2 Å². The van der Waals surface area contributed by atoms with Gasteiger partial charge in [0.05, 0.1) is 12.1 Å². The van der Waals surface area contributed by atoms with Crippen LogP contribution in [0.2, 0.25) is 0 Å². The van der Waals surface area contributed by atoms with Crippen LogP contribution in [0.3, 0.4) is 0 Å². The summed E-state index contributed by atoms with van der Waals surface area (Å²) in [5, 5.41) is 7.32. The number of alkyl halides is 3. The molecule has 29 heavy (non-hydrogen) atoms. The van der Waals surface area contributed by atoms with Crippen molar-refractivity contribution in [2.75, 3.05) is 0 Å². The fraction of sp³-hybridized carbons (Fsp3) is 0.526. The second kappa shape index (κ2) is 8.30. The highest BCUT2D eigenvalue weighted by Gasteiger charge is 2.36. The molecule has 0 heterocycles. The third-order valence-electron chi connectivity index (χ3n) is 3.25. The van der Waals surface area contributed by atoms with Gasteiger partial charge in [-0.2, -0.15) is 13.2 Å². The molecule has 0 aliphatic heterocycles. The Morgan fingerprint density at radius 2 is 1.45 bits per heavy atom. The number of rotatable bonds is 3. The molecule has 1 aromatic rings. The number of hydrogen-bond donors (Lipinski definition) is 2. The van der Waals surface area contributed by atoms with Crippen molar-refractivity contribution in [3.63, 3.8) is 0 Å². The molecule has 0 bridgehead atoms. The van der Waals surface area contributed by atoms with E-state index in [1.54, 1.807) is 41.5 Å². The van der Waals surface area contributed by atoms with Crippen LogP contribution < -0.4 is 5.73 Å². The lowest BCUT2D eigenvalue weighted by Gasteiger charge is -2.28. The van der Waals surface area contributed by atoms with E-state index in [1.807, 2.05) is 0 Å². The number of amidine groups is 1. The summed E-state index contributed by atoms with van der Waals surface area (Å²) in [6.07, 6.45) is -6.90. The Morgan fingerprint density at radius 3 is 1.79 bits per heavy atom. The maximum Gasteiger partial charge on any atom is 0.420 e. The van der Waals surface area contributed by atoms with Crippen LogP contribution in [0.4, 0.5) is 22.8 Å². The fourth-order valence-electron chi connectivity index (χ4n) is 2.18. The zero-order valence-corrected chi connectivity index (χ0v) is 17.2. The quantitative estimate of drug-likeness (QED) is 0.550. The van der Waals surface area contributed by atoms with Crippen LogP contribution in [0.25, 0.3) is 0 Å². The maximum absolute atomic E-state index is 13.3. The van der Waals surface area contributed by atoms with Gasteiger partial charge in [-0.3, -0.25) is 5.41 Å². The lowest BCUT2D eigenvalue weighted by atomic mass is 10.0. The van der Waals surface area contributed by atoms with Gasteiger partial charge in [0.1, 0.15) is 17.0 Å². The van der Waals surface area contributed by atoms with Gasteiger partial charge < -0.3 is 15.2 Å². The van der Waals surface area contributed by atoms with Gasteiger partial charge in [0.15, 0.2) is 0 Å². The van der Waals surface area contributed by atoms with Crippen LogP contribution >= 0.6 is 0 Å². The number of ether oxygens (including phenoxy) is 2. The molecule has 0 atom stereocenters. The van der Waals surface area contributed by atoms with Crippen LogP contribution in [-0.2, 0) is 22.2 Å². The number of nitrogens with one attached hydrogen (secondary N) is 1. The Labute approximate surface area is 167 Å². The molecular formula is C19H26F3N3O4. The van der Waals surface area contributed by atoms with E-state index in [0.717, 1.165) is 12.1 Å². The second-order valence-corrected chi connectivity index (χ2v) is 8.34. The van der Waals surface area contributed by atoms with Gasteiger partial charge >= 0.3 is 18.4 Å². The normalized spacial score (nSPS) is 12.3. The molecule has 0 aliphatic carbocycles. The molecule has 10 heteroatoms. The van der Waals surface area contributed by atoms with E-state index in [1.165, 1.54) is 6.07 Å². The summed E-state index contributed by atoms with van der Waals surface area (Å²) < 4.78 is 50.4. The standard InChI is InChI=1S/C19H26F3N3O4/c1-17(2,3)28-15(26)25(16(27)29-18(4,5)6)10-11-7-8-12(14(23)24)13(9-11)19(20,21)22/h7-9H,10H2,1-6H3,(H3,23,24). The highest BCUT2D eigenvalue weighted by atomic mass is 19.4. The van der Waals surface area contributed by atoms with Gasteiger partial charge in [-0.1, -0.05) is 12.1 Å². The molecule has 162 valence electrons. The zero-order valence-electron chi connectivity index (χ0n) is 17.2. The molecule has 0 fully saturated rings. The lowest BCUT2D eigenvalue weighted by molar-refractivity contribution is -0.137. The molecule has 0 saturated heterocycles. The molecule has 0 aliphatic rings. The number of hydrogen-bond acceptors (Lipinski definition) is 5. The summed E-state index contributed by atoms with van der Waals surface area (Å²) in [5.41, 5.74) is 1.69. The Hall–Kier alpha value is -2.78. The van der Waals surface area contributed by atoms with Crippen molar-refractivity contribution in [3.05, 3.63) is 34.9 Å². The Bertz CT molecular complexity index is 765. The number of carbonyl (C=O) groups excluding carboxylic acids is 2. The molecule has 0 unspecified atom stereocenters. The second-order valence-electron chi connectivity index (χ2n) is 8.34. The van der Waals surface area contributed by atoms with Crippen molar-refractivity contribution in [2.24, 2.45) is 5.73 Å². The fourth-order valence-corrected chi connectivity index (χ4v) is 2.18. The van der Waals surface area contributed by atoms with Crippen molar-refractivity contribution in [1.29, 1.82) is 5.41 Å². The van der Waals surface area contributed by atoms with E-state index in [4.69, 9.17) is 20.6 Å². The van der Waals surface area contributed by atoms with Gasteiger partial charge in [0.2, 0.25) is 0 Å². The van der Waals surface area contributed by atoms with Crippen LogP contribution in [0, 0.1) is 5.41 Å². The first-order chi connectivity index (χ1) is 12.9. The zero-order chi connectivity index (χ0) is 22.8. The molecule has 0 saturated carbocycles. The highest BCUT2D eigenvalue weighted by Crippen LogP contribution is 2.33. The largest absolute Gasteiger partial charge is 0.443 e. The van der Waals surface area contributed by atoms with E-state index in [0.29, 0.717) is 4.90 Å². The van der Waals surface area contributed by atoms with Crippen molar-refractivity contribution in [2.45, 2.75) is 65.5 Å². The monoisotopic (exact) mass is 417 g/mol. The summed E-state index contributed by atoms with van der Waals surface area (Å²) in [6.45, 7) is 8.99. The smallest absolute Gasteiger partial charge is 0.420 e. The van der Waals surface area contributed by atoms with E-state index in [9.17, 15) is 22.8 Å². The van der Waals surface area contributed by atoms with Crippen molar-refractivity contribution in [3.8, 4) is 0 Å². The number of carbonyl (C=O) groups is 2. The third-order valence-corrected chi connectivity index (χ3v) is 3.25. The molecule has 3 N–H and O–H groups in total. The number of imide groups is 1. The maximum atomic E-state index is 13.3. The predicted octanol–water partition coefficient (Wildman–Crippen LogP) is 4.66. The van der Waals surface area contributed by atoms with Gasteiger partial charge in [0.25, 0.3) is 0 Å². The number of benzene rings is 1. The van der Waals surface area contributed by atoms with E-state index in [2.05, 4.69) is 0 Å². The van der Waals surface area contributed by atoms with Crippen LogP contribution in [-0.4, -0.2) is 34.1 Å². The number of nitrogen functional groups attached to an aromatic ring is 1. The molecule has 1 rings (SSSR count). The number of nitrogens with zero attached hydrogens (tertiary/aromatic N) is 1. The van der Waals surface area contributed by atoms with Gasteiger partial charge in [-0.05, 0) is 53.2 Å². The average molecular weight is 417 g/mol. The summed E-state index contributed by atoms with van der Waals surface area (Å²) >= 11 is 0. The molecule has 2 amide bonds. The number of nitrogens with two attached hydrogens (primary N) is 1. The minimum absolute atomic E-state index is 0.0148. The van der Waals surface area contributed by atoms with Crippen LogP contribution in [0.15, 0.2) is 18.2 Å². The summed E-state index contributed by atoms with van der Waals surface area (Å²) in [7, 11) is 0. The average Bonchev–Trinajstić information content (AvgIpc) is 2.47. The van der Waals surface area contributed by atoms with Crippen molar-refractivity contribution in [1.82, 2.24) is 4.90 Å². The minimum Gasteiger partial charge on any atom is -0.443 e. The van der Waals surface area contributed by atoms with Gasteiger partial charge in [0, 0.05) is 5.56 Å². The summed E-state index contributed by atoms with van der Waals surface area (Å²) in [6, 6.07) is 3.00. The van der Waals surface area contributed by atoms with Crippen LogP contribution in [0.5, 0.6) is 0 Å². The van der Waals surface area contributed by atoms with Gasteiger partial charge in [-0.25, -0.2) is 14.5 Å². The van der Waals surface area contributed by atoms with E-state index < -0.39 is 53.1 Å². The number of amides is 2. The van der Waals surface area contributed by atoms with Crippen molar-refractivity contribution < 1.29 is 32.2 Å². The first-order valence-electron chi connectivity index (χ1n) is 8.69. The molecule has 0 aromatic heterocycles. The Balaban J connectivity index is 3.33. The number of halogens is 3. The summed E-state index contributed by atoms with van der Waals surface area (Å²) in [4.78, 5) is 25.5. The van der Waals surface area contributed by atoms with E-state index in [-0.39, 0.29) is 5.56 Å². The Kier molecular flexibility index (Phi) is 6.94. The molecular weight excluding hydrogens is 391 g/mol. The van der Waals surface area contributed by atoms with Crippen molar-refractivity contribution >= 4 is 18.0 Å². The highest BCUT2D eigenvalue weighted by molar-refractivity contribution is 5.96. The summed E-state index contributed by atoms with van der Waals surface area (Å²) in [5.74, 6) is -0.750. The lowest BCUT2D eigenvalue weighted by Crippen LogP contribution is -2.43. The topological polar surface area (TPSA) is 106 Å². The Morgan fingerprint density at radius 1 is 1.00 bits per heavy atom. The van der Waals surface area contributed by atoms with Gasteiger partial charge in [-0.15, -0.1) is 0 Å². The SMILES string of the molecule is CC(C)(C)OC(=O)N(Cc1ccc(C(=N)N)c(C(F)(F)F)c1)C(=O)OC(C)(C)C. The molecule has 7 nitrogen and oxygen atoms in total. The predicted molar refractivity (Wildman–Crippen MR) is 100 cm³/mol. The first kappa shape index (κ1) is 24.3. The third kappa shape index (κ3) is 7.63. The minimum atomic E-state index is -4.78. The molecule has 0 spiro atoms.